The SMILES string of the molecule is Cc1cc(C)c(C(=O)N(C)C2CCN(C)CC2)cc1N. The fourth-order valence-corrected chi connectivity index (χ4v) is 2.84. The summed E-state index contributed by atoms with van der Waals surface area (Å²) in [5, 5.41) is 0. The molecule has 0 aromatic heterocycles. The third-order valence-corrected chi connectivity index (χ3v) is 4.40. The predicted octanol–water partition coefficient (Wildman–Crippen LogP) is 2.05. The van der Waals surface area contributed by atoms with Crippen molar-refractivity contribution in [3.63, 3.8) is 0 Å². The molecule has 1 fully saturated rings. The van der Waals surface area contributed by atoms with Crippen molar-refractivity contribution >= 4 is 11.6 Å². The summed E-state index contributed by atoms with van der Waals surface area (Å²) < 4.78 is 0. The smallest absolute Gasteiger partial charge is 0.254 e. The minimum Gasteiger partial charge on any atom is -0.398 e. The Bertz CT molecular complexity index is 505. The van der Waals surface area contributed by atoms with Gasteiger partial charge in [-0.05, 0) is 64.0 Å². The number of nitrogen functional groups attached to an aromatic ring is 1. The van der Waals surface area contributed by atoms with Crippen LogP contribution < -0.4 is 5.73 Å². The number of rotatable bonds is 2. The molecule has 0 spiro atoms. The molecule has 0 atom stereocenters. The van der Waals surface area contributed by atoms with Crippen LogP contribution in [0.25, 0.3) is 0 Å². The highest BCUT2D eigenvalue weighted by molar-refractivity contribution is 5.96. The lowest BCUT2D eigenvalue weighted by Gasteiger charge is -2.35. The molecular formula is C16H25N3O. The maximum Gasteiger partial charge on any atom is 0.254 e. The van der Waals surface area contributed by atoms with Gasteiger partial charge < -0.3 is 15.5 Å². The van der Waals surface area contributed by atoms with E-state index in [9.17, 15) is 4.79 Å². The molecule has 0 saturated carbocycles. The molecule has 0 bridgehead atoms. The number of benzene rings is 1. The van der Waals surface area contributed by atoms with Crippen molar-refractivity contribution in [3.8, 4) is 0 Å². The van der Waals surface area contributed by atoms with Crippen LogP contribution in [0.4, 0.5) is 5.69 Å². The summed E-state index contributed by atoms with van der Waals surface area (Å²) in [4.78, 5) is 16.9. The van der Waals surface area contributed by atoms with Gasteiger partial charge in [-0.2, -0.15) is 0 Å². The highest BCUT2D eigenvalue weighted by Gasteiger charge is 2.25. The molecule has 4 nitrogen and oxygen atoms in total. The molecule has 1 aliphatic rings. The van der Waals surface area contributed by atoms with E-state index in [4.69, 9.17) is 5.73 Å². The molecule has 1 aliphatic heterocycles. The lowest BCUT2D eigenvalue weighted by Crippen LogP contribution is -2.44. The van der Waals surface area contributed by atoms with E-state index in [1.54, 1.807) is 0 Å². The monoisotopic (exact) mass is 275 g/mol. The molecule has 0 aliphatic carbocycles. The second-order valence-corrected chi connectivity index (χ2v) is 5.97. The Morgan fingerprint density at radius 1 is 1.25 bits per heavy atom. The molecule has 4 heteroatoms. The Morgan fingerprint density at radius 3 is 2.45 bits per heavy atom. The van der Waals surface area contributed by atoms with E-state index < -0.39 is 0 Å². The number of amides is 1. The molecule has 0 radical (unpaired) electrons. The van der Waals surface area contributed by atoms with Gasteiger partial charge in [0.15, 0.2) is 0 Å². The Balaban J connectivity index is 2.16. The van der Waals surface area contributed by atoms with Crippen molar-refractivity contribution in [2.45, 2.75) is 32.7 Å². The van der Waals surface area contributed by atoms with Gasteiger partial charge in [-0.15, -0.1) is 0 Å². The van der Waals surface area contributed by atoms with Crippen LogP contribution in [-0.4, -0.2) is 48.9 Å². The molecule has 0 unspecified atom stereocenters. The summed E-state index contributed by atoms with van der Waals surface area (Å²) in [6, 6.07) is 4.14. The molecule has 1 aromatic carbocycles. The van der Waals surface area contributed by atoms with Gasteiger partial charge in [0, 0.05) is 24.3 Å². The van der Waals surface area contributed by atoms with E-state index in [1.807, 2.05) is 37.9 Å². The molecule has 2 rings (SSSR count). The van der Waals surface area contributed by atoms with Crippen LogP contribution in [0.1, 0.15) is 34.3 Å². The molecule has 1 heterocycles. The fraction of sp³-hybridized carbons (Fsp3) is 0.562. The quantitative estimate of drug-likeness (QED) is 0.840. The second-order valence-electron chi connectivity index (χ2n) is 5.97. The largest absolute Gasteiger partial charge is 0.398 e. The van der Waals surface area contributed by atoms with E-state index in [0.29, 0.717) is 11.7 Å². The molecule has 1 amide bonds. The molecule has 1 aromatic rings. The standard InChI is InChI=1S/C16H25N3O/c1-11-9-12(2)15(17)10-14(11)16(20)19(4)13-5-7-18(3)8-6-13/h9-10,13H,5-8,17H2,1-4H3. The lowest BCUT2D eigenvalue weighted by atomic mass is 10.00. The van der Waals surface area contributed by atoms with Gasteiger partial charge in [-0.1, -0.05) is 6.07 Å². The van der Waals surface area contributed by atoms with E-state index in [-0.39, 0.29) is 5.91 Å². The Morgan fingerprint density at radius 2 is 1.85 bits per heavy atom. The minimum atomic E-state index is 0.0868. The Hall–Kier alpha value is -1.55. The van der Waals surface area contributed by atoms with Crippen LogP contribution in [0.15, 0.2) is 12.1 Å². The number of hydrogen-bond acceptors (Lipinski definition) is 3. The topological polar surface area (TPSA) is 49.6 Å². The first-order chi connectivity index (χ1) is 9.40. The van der Waals surface area contributed by atoms with Crippen molar-refractivity contribution in [2.24, 2.45) is 0 Å². The summed E-state index contributed by atoms with van der Waals surface area (Å²) in [5.41, 5.74) is 9.40. The minimum absolute atomic E-state index is 0.0868. The zero-order valence-electron chi connectivity index (χ0n) is 12.9. The predicted molar refractivity (Wildman–Crippen MR) is 82.9 cm³/mol. The third kappa shape index (κ3) is 2.96. The third-order valence-electron chi connectivity index (χ3n) is 4.40. The van der Waals surface area contributed by atoms with Gasteiger partial charge in [-0.25, -0.2) is 0 Å². The van der Waals surface area contributed by atoms with Crippen LogP contribution in [0.2, 0.25) is 0 Å². The zero-order valence-corrected chi connectivity index (χ0v) is 12.9. The summed E-state index contributed by atoms with van der Waals surface area (Å²) in [5.74, 6) is 0.0868. The molecule has 2 N–H and O–H groups in total. The molecule has 20 heavy (non-hydrogen) atoms. The number of nitrogens with zero attached hydrogens (tertiary/aromatic N) is 2. The van der Waals surface area contributed by atoms with Crippen LogP contribution in [0.3, 0.4) is 0 Å². The van der Waals surface area contributed by atoms with E-state index in [0.717, 1.165) is 42.6 Å². The highest BCUT2D eigenvalue weighted by Crippen LogP contribution is 2.22. The highest BCUT2D eigenvalue weighted by atomic mass is 16.2. The fourth-order valence-electron chi connectivity index (χ4n) is 2.84. The van der Waals surface area contributed by atoms with Gasteiger partial charge in [0.1, 0.15) is 0 Å². The summed E-state index contributed by atoms with van der Waals surface area (Å²) >= 11 is 0. The Kier molecular flexibility index (Phi) is 4.33. The maximum absolute atomic E-state index is 12.7. The van der Waals surface area contributed by atoms with Crippen molar-refractivity contribution in [3.05, 3.63) is 28.8 Å². The zero-order chi connectivity index (χ0) is 14.9. The van der Waals surface area contributed by atoms with E-state index >= 15 is 0 Å². The number of carbonyl (C=O) groups is 1. The number of likely N-dealkylation sites (tertiary alicyclic amines) is 1. The first kappa shape index (κ1) is 14.9. The van der Waals surface area contributed by atoms with Crippen molar-refractivity contribution in [2.75, 3.05) is 32.9 Å². The van der Waals surface area contributed by atoms with Crippen molar-refractivity contribution in [1.82, 2.24) is 9.80 Å². The summed E-state index contributed by atoms with van der Waals surface area (Å²) in [6.07, 6.45) is 2.08. The lowest BCUT2D eigenvalue weighted by molar-refractivity contribution is 0.0659. The number of anilines is 1. The van der Waals surface area contributed by atoms with E-state index in [1.165, 1.54) is 0 Å². The summed E-state index contributed by atoms with van der Waals surface area (Å²) in [6.45, 7) is 6.05. The average Bonchev–Trinajstić information content (AvgIpc) is 2.42. The maximum atomic E-state index is 12.7. The first-order valence-corrected chi connectivity index (χ1v) is 7.22. The van der Waals surface area contributed by atoms with Gasteiger partial charge >= 0.3 is 0 Å². The van der Waals surface area contributed by atoms with Gasteiger partial charge in [0.25, 0.3) is 5.91 Å². The number of nitrogens with two attached hydrogens (primary N) is 1. The number of carbonyl (C=O) groups excluding carboxylic acids is 1. The van der Waals surface area contributed by atoms with Crippen molar-refractivity contribution in [1.29, 1.82) is 0 Å². The number of piperidine rings is 1. The van der Waals surface area contributed by atoms with Gasteiger partial charge in [0.2, 0.25) is 0 Å². The number of hydrogen-bond donors (Lipinski definition) is 1. The average molecular weight is 275 g/mol. The van der Waals surface area contributed by atoms with Crippen LogP contribution in [0.5, 0.6) is 0 Å². The normalized spacial score (nSPS) is 17.2. The van der Waals surface area contributed by atoms with Crippen LogP contribution in [-0.2, 0) is 0 Å². The van der Waals surface area contributed by atoms with Crippen LogP contribution >= 0.6 is 0 Å². The molecule has 110 valence electrons. The summed E-state index contributed by atoms with van der Waals surface area (Å²) in [7, 11) is 4.04. The molecule has 1 saturated heterocycles. The Labute approximate surface area is 121 Å². The van der Waals surface area contributed by atoms with Crippen LogP contribution in [0, 0.1) is 13.8 Å². The first-order valence-electron chi connectivity index (χ1n) is 7.22. The second kappa shape index (κ2) is 5.83. The van der Waals surface area contributed by atoms with Gasteiger partial charge in [0.05, 0.1) is 0 Å². The molecular weight excluding hydrogens is 250 g/mol. The van der Waals surface area contributed by atoms with Gasteiger partial charge in [-0.3, -0.25) is 4.79 Å². The van der Waals surface area contributed by atoms with Crippen molar-refractivity contribution < 1.29 is 4.79 Å². The number of aryl methyl sites for hydroxylation is 2. The van der Waals surface area contributed by atoms with E-state index in [2.05, 4.69) is 11.9 Å².